The molecule has 0 saturated heterocycles. The van der Waals surface area contributed by atoms with Gasteiger partial charge in [-0.15, -0.1) is 11.3 Å². The van der Waals surface area contributed by atoms with Gasteiger partial charge in [0.1, 0.15) is 11.3 Å². The lowest BCUT2D eigenvalue weighted by molar-refractivity contribution is -0.142. The molecule has 0 spiro atoms. The van der Waals surface area contributed by atoms with Crippen LogP contribution in [0.2, 0.25) is 0 Å². The van der Waals surface area contributed by atoms with Crippen LogP contribution in [0.4, 0.5) is 9.93 Å². The fourth-order valence-electron chi connectivity index (χ4n) is 1.18. The Morgan fingerprint density at radius 3 is 2.52 bits per heavy atom. The summed E-state index contributed by atoms with van der Waals surface area (Å²) >= 11 is 0.950. The Morgan fingerprint density at radius 1 is 1.35 bits per heavy atom. The van der Waals surface area contributed by atoms with Crippen LogP contribution in [0.25, 0.3) is 0 Å². The van der Waals surface area contributed by atoms with Crippen LogP contribution in [0.15, 0.2) is 10.5 Å². The van der Waals surface area contributed by atoms with Crippen molar-refractivity contribution >= 4 is 40.2 Å². The molecule has 11 heteroatoms. The van der Waals surface area contributed by atoms with Gasteiger partial charge >= 0.3 is 18.0 Å². The van der Waals surface area contributed by atoms with Crippen LogP contribution in [0, 0.1) is 0 Å². The number of carbonyl (C=O) groups is 3. The predicted molar refractivity (Wildman–Crippen MR) is 79.7 cm³/mol. The highest BCUT2D eigenvalue weighted by molar-refractivity contribution is 7.14. The molecule has 0 aromatic carbocycles. The SMILES string of the molecule is CC(C)(C)OC(=O)Nc1nc(/C(=N/OCC(=O)O)C(=O)O)cs1. The molecule has 0 bridgehead atoms. The first-order valence-corrected chi connectivity index (χ1v) is 7.07. The number of thiazole rings is 1. The smallest absolute Gasteiger partial charge is 0.413 e. The first kappa shape index (κ1) is 18.4. The fraction of sp³-hybridized carbons (Fsp3) is 0.417. The molecule has 126 valence electrons. The van der Waals surface area contributed by atoms with E-state index in [-0.39, 0.29) is 10.8 Å². The van der Waals surface area contributed by atoms with E-state index in [1.165, 1.54) is 5.38 Å². The summed E-state index contributed by atoms with van der Waals surface area (Å²) in [7, 11) is 0. The number of ether oxygens (including phenoxy) is 1. The minimum atomic E-state index is -1.45. The molecule has 0 aliphatic rings. The number of nitrogens with one attached hydrogen (secondary N) is 1. The Labute approximate surface area is 134 Å². The van der Waals surface area contributed by atoms with Gasteiger partial charge in [0.25, 0.3) is 0 Å². The molecule has 0 unspecified atom stereocenters. The number of carboxylic acid groups (broad SMARTS) is 2. The third kappa shape index (κ3) is 6.74. The molecule has 3 N–H and O–H groups in total. The fourth-order valence-corrected chi connectivity index (χ4v) is 1.86. The summed E-state index contributed by atoms with van der Waals surface area (Å²) < 4.78 is 5.03. The highest BCUT2D eigenvalue weighted by atomic mass is 32.1. The third-order valence-corrected chi connectivity index (χ3v) is 2.66. The second-order valence-electron chi connectivity index (χ2n) is 5.08. The van der Waals surface area contributed by atoms with Crippen molar-refractivity contribution in [2.75, 3.05) is 11.9 Å². The average molecular weight is 345 g/mol. The number of rotatable bonds is 6. The second kappa shape index (κ2) is 7.54. The van der Waals surface area contributed by atoms with Crippen LogP contribution in [0.1, 0.15) is 26.5 Å². The maximum Gasteiger partial charge on any atom is 0.413 e. The second-order valence-corrected chi connectivity index (χ2v) is 5.94. The van der Waals surface area contributed by atoms with Crippen LogP contribution >= 0.6 is 11.3 Å². The number of hydrogen-bond donors (Lipinski definition) is 3. The summed E-state index contributed by atoms with van der Waals surface area (Å²) in [5, 5.41) is 24.4. The highest BCUT2D eigenvalue weighted by Gasteiger charge is 2.20. The van der Waals surface area contributed by atoms with Crippen molar-refractivity contribution in [1.82, 2.24) is 4.98 Å². The van der Waals surface area contributed by atoms with Crippen molar-refractivity contribution in [3.05, 3.63) is 11.1 Å². The molecular weight excluding hydrogens is 330 g/mol. The number of hydrogen-bond acceptors (Lipinski definition) is 8. The van der Waals surface area contributed by atoms with E-state index >= 15 is 0 Å². The van der Waals surface area contributed by atoms with Crippen molar-refractivity contribution in [2.45, 2.75) is 26.4 Å². The summed E-state index contributed by atoms with van der Waals surface area (Å²) in [5.41, 5.74) is -1.36. The standard InChI is InChI=1S/C12H15N3O7S/c1-12(2,3)22-11(20)14-10-13-6(5-23-10)8(9(18)19)15-21-4-7(16)17/h5H,4H2,1-3H3,(H,16,17)(H,18,19)(H,13,14,20)/b15-8-. The highest BCUT2D eigenvalue weighted by Crippen LogP contribution is 2.18. The van der Waals surface area contributed by atoms with Crippen molar-refractivity contribution in [2.24, 2.45) is 5.16 Å². The molecule has 1 amide bonds. The molecule has 0 radical (unpaired) electrons. The average Bonchev–Trinajstić information content (AvgIpc) is 2.79. The van der Waals surface area contributed by atoms with Gasteiger partial charge in [-0.05, 0) is 20.8 Å². The zero-order valence-corrected chi connectivity index (χ0v) is 13.3. The monoisotopic (exact) mass is 345 g/mol. The van der Waals surface area contributed by atoms with Gasteiger partial charge < -0.3 is 19.8 Å². The third-order valence-electron chi connectivity index (χ3n) is 1.90. The summed E-state index contributed by atoms with van der Waals surface area (Å²) in [6.07, 6.45) is -0.741. The molecule has 0 atom stereocenters. The van der Waals surface area contributed by atoms with Crippen LogP contribution in [-0.2, 0) is 19.2 Å². The summed E-state index contributed by atoms with van der Waals surface area (Å²) in [4.78, 5) is 41.2. The number of amides is 1. The minimum absolute atomic E-state index is 0.0843. The molecular formula is C12H15N3O7S. The molecule has 1 aromatic heterocycles. The lowest BCUT2D eigenvalue weighted by Gasteiger charge is -2.18. The molecule has 10 nitrogen and oxygen atoms in total. The number of aliphatic carboxylic acids is 2. The van der Waals surface area contributed by atoms with Crippen molar-refractivity contribution in [3.8, 4) is 0 Å². The molecule has 1 rings (SSSR count). The van der Waals surface area contributed by atoms with Gasteiger partial charge in [0.2, 0.25) is 12.3 Å². The minimum Gasteiger partial charge on any atom is -0.479 e. The topological polar surface area (TPSA) is 147 Å². The number of aromatic nitrogens is 1. The number of anilines is 1. The van der Waals surface area contributed by atoms with Crippen molar-refractivity contribution in [1.29, 1.82) is 0 Å². The molecule has 0 saturated carbocycles. The Morgan fingerprint density at radius 2 is 2.00 bits per heavy atom. The first-order chi connectivity index (χ1) is 10.6. The van der Waals surface area contributed by atoms with Crippen molar-refractivity contribution in [3.63, 3.8) is 0 Å². The van der Waals surface area contributed by atoms with E-state index in [0.29, 0.717) is 0 Å². The Bertz CT molecular complexity index is 633. The quantitative estimate of drug-likeness (QED) is 0.517. The maximum absolute atomic E-state index is 11.6. The first-order valence-electron chi connectivity index (χ1n) is 6.19. The van der Waals surface area contributed by atoms with E-state index < -0.39 is 36.0 Å². The van der Waals surface area contributed by atoms with Gasteiger partial charge in [-0.3, -0.25) is 5.32 Å². The lowest BCUT2D eigenvalue weighted by Crippen LogP contribution is -2.27. The normalized spacial score (nSPS) is 11.7. The van der Waals surface area contributed by atoms with Crippen LogP contribution in [0.3, 0.4) is 0 Å². The zero-order chi connectivity index (χ0) is 17.6. The summed E-state index contributed by atoms with van der Waals surface area (Å²) in [5.74, 6) is -2.76. The number of carbonyl (C=O) groups excluding carboxylic acids is 1. The lowest BCUT2D eigenvalue weighted by atomic mass is 10.2. The molecule has 23 heavy (non-hydrogen) atoms. The largest absolute Gasteiger partial charge is 0.479 e. The van der Waals surface area contributed by atoms with E-state index in [4.69, 9.17) is 14.9 Å². The number of carboxylic acids is 2. The molecule has 0 aliphatic carbocycles. The van der Waals surface area contributed by atoms with Gasteiger partial charge in [0.05, 0.1) is 0 Å². The van der Waals surface area contributed by atoms with E-state index in [1.54, 1.807) is 20.8 Å². The van der Waals surface area contributed by atoms with Crippen molar-refractivity contribution < 1.29 is 34.2 Å². The Balaban J connectivity index is 2.81. The molecule has 1 aromatic rings. The van der Waals surface area contributed by atoms with Crippen LogP contribution in [0.5, 0.6) is 0 Å². The van der Waals surface area contributed by atoms with E-state index in [9.17, 15) is 14.4 Å². The number of nitrogens with zero attached hydrogens (tertiary/aromatic N) is 2. The van der Waals surface area contributed by atoms with Crippen LogP contribution < -0.4 is 5.32 Å². The van der Waals surface area contributed by atoms with Gasteiger partial charge in [0, 0.05) is 5.38 Å². The number of oxime groups is 1. The Hall–Kier alpha value is -2.69. The van der Waals surface area contributed by atoms with Gasteiger partial charge in [-0.2, -0.15) is 0 Å². The molecule has 1 heterocycles. The molecule has 0 fully saturated rings. The zero-order valence-electron chi connectivity index (χ0n) is 12.5. The molecule has 0 aliphatic heterocycles. The van der Waals surface area contributed by atoms with Crippen LogP contribution in [-0.4, -0.2) is 51.1 Å². The predicted octanol–water partition coefficient (Wildman–Crippen LogP) is 1.38. The van der Waals surface area contributed by atoms with E-state index in [1.807, 2.05) is 0 Å². The van der Waals surface area contributed by atoms with Gasteiger partial charge in [-0.1, -0.05) is 5.16 Å². The maximum atomic E-state index is 11.6. The van der Waals surface area contributed by atoms with E-state index in [0.717, 1.165) is 11.3 Å². The van der Waals surface area contributed by atoms with E-state index in [2.05, 4.69) is 20.3 Å². The Kier molecular flexibility index (Phi) is 6.02. The summed E-state index contributed by atoms with van der Waals surface area (Å²) in [6, 6.07) is 0. The summed E-state index contributed by atoms with van der Waals surface area (Å²) in [6.45, 7) is 4.28. The van der Waals surface area contributed by atoms with Gasteiger partial charge in [0.15, 0.2) is 5.13 Å². The van der Waals surface area contributed by atoms with Gasteiger partial charge in [-0.25, -0.2) is 19.4 Å².